The summed E-state index contributed by atoms with van der Waals surface area (Å²) in [6, 6.07) is 15.3. The first-order valence-electron chi connectivity index (χ1n) is 7.87. The molecule has 0 bridgehead atoms. The number of rotatable bonds is 5. The summed E-state index contributed by atoms with van der Waals surface area (Å²) in [6.45, 7) is 4.41. The highest BCUT2D eigenvalue weighted by Gasteiger charge is 2.11. The van der Waals surface area contributed by atoms with Crippen molar-refractivity contribution in [3.8, 4) is 11.5 Å². The normalized spacial score (nSPS) is 10.6. The fraction of sp³-hybridized carbons (Fsp3) is 0.211. The van der Waals surface area contributed by atoms with E-state index in [1.165, 1.54) is 0 Å². The Morgan fingerprint density at radius 1 is 1.08 bits per heavy atom. The van der Waals surface area contributed by atoms with Crippen LogP contribution in [0.4, 0.5) is 0 Å². The van der Waals surface area contributed by atoms with E-state index in [0.29, 0.717) is 30.3 Å². The minimum absolute atomic E-state index is 0.0997. The molecular weight excluding hydrogens is 302 g/mol. The lowest BCUT2D eigenvalue weighted by molar-refractivity contribution is 0.0953. The third kappa shape index (κ3) is 3.68. The first kappa shape index (κ1) is 15.9. The number of aromatic nitrogens is 2. The van der Waals surface area contributed by atoms with Gasteiger partial charge in [-0.05, 0) is 37.6 Å². The molecule has 0 aliphatic rings. The zero-order chi connectivity index (χ0) is 16.9. The quantitative estimate of drug-likeness (QED) is 0.782. The molecule has 2 aromatic carbocycles. The van der Waals surface area contributed by atoms with Gasteiger partial charge in [-0.3, -0.25) is 4.79 Å². The predicted octanol–water partition coefficient (Wildman–Crippen LogP) is 3.33. The molecule has 5 nitrogen and oxygen atoms in total. The molecule has 3 aromatic rings. The van der Waals surface area contributed by atoms with Gasteiger partial charge in [0, 0.05) is 24.1 Å². The number of nitrogens with one attached hydrogen (secondary N) is 1. The molecule has 122 valence electrons. The zero-order valence-corrected chi connectivity index (χ0v) is 13.7. The SMILES string of the molecule is Cc1cccc(C(=O)NCCc2nnc(-c3ccccc3C)o2)c1. The summed E-state index contributed by atoms with van der Waals surface area (Å²) in [5.41, 5.74) is 3.73. The highest BCUT2D eigenvalue weighted by Crippen LogP contribution is 2.21. The summed E-state index contributed by atoms with van der Waals surface area (Å²) in [7, 11) is 0. The molecule has 24 heavy (non-hydrogen) atoms. The standard InChI is InChI=1S/C19H19N3O2/c1-13-6-5-8-15(12-13)18(23)20-11-10-17-21-22-19(24-17)16-9-4-3-7-14(16)2/h3-9,12H,10-11H2,1-2H3,(H,20,23). The molecule has 1 N–H and O–H groups in total. The van der Waals surface area contributed by atoms with Gasteiger partial charge in [0.2, 0.25) is 11.8 Å². The van der Waals surface area contributed by atoms with E-state index in [0.717, 1.165) is 16.7 Å². The molecule has 1 amide bonds. The van der Waals surface area contributed by atoms with Crippen LogP contribution in [0.3, 0.4) is 0 Å². The minimum atomic E-state index is -0.0997. The van der Waals surface area contributed by atoms with Crippen molar-refractivity contribution in [2.75, 3.05) is 6.54 Å². The van der Waals surface area contributed by atoms with E-state index in [4.69, 9.17) is 4.42 Å². The Morgan fingerprint density at radius 2 is 1.92 bits per heavy atom. The third-order valence-electron chi connectivity index (χ3n) is 3.75. The van der Waals surface area contributed by atoms with Crippen LogP contribution in [0.15, 0.2) is 52.9 Å². The molecule has 3 rings (SSSR count). The van der Waals surface area contributed by atoms with Crippen LogP contribution in [-0.2, 0) is 6.42 Å². The molecule has 0 saturated carbocycles. The van der Waals surface area contributed by atoms with Gasteiger partial charge in [0.25, 0.3) is 5.91 Å². The van der Waals surface area contributed by atoms with Crippen molar-refractivity contribution in [2.45, 2.75) is 20.3 Å². The van der Waals surface area contributed by atoms with Crippen molar-refractivity contribution in [2.24, 2.45) is 0 Å². The second kappa shape index (κ2) is 7.08. The molecule has 0 aliphatic heterocycles. The van der Waals surface area contributed by atoms with Crippen LogP contribution < -0.4 is 5.32 Å². The summed E-state index contributed by atoms with van der Waals surface area (Å²) < 4.78 is 5.68. The smallest absolute Gasteiger partial charge is 0.251 e. The Balaban J connectivity index is 1.58. The van der Waals surface area contributed by atoms with E-state index in [1.54, 1.807) is 6.07 Å². The zero-order valence-electron chi connectivity index (χ0n) is 13.7. The lowest BCUT2D eigenvalue weighted by atomic mass is 10.1. The second-order valence-electron chi connectivity index (χ2n) is 5.69. The predicted molar refractivity (Wildman–Crippen MR) is 91.7 cm³/mol. The van der Waals surface area contributed by atoms with Gasteiger partial charge < -0.3 is 9.73 Å². The lowest BCUT2D eigenvalue weighted by Crippen LogP contribution is -2.25. The maximum absolute atomic E-state index is 12.1. The largest absolute Gasteiger partial charge is 0.421 e. The number of amides is 1. The maximum Gasteiger partial charge on any atom is 0.251 e. The number of carbonyl (C=O) groups excluding carboxylic acids is 1. The highest BCUT2D eigenvalue weighted by atomic mass is 16.4. The topological polar surface area (TPSA) is 68.0 Å². The van der Waals surface area contributed by atoms with Crippen molar-refractivity contribution in [1.82, 2.24) is 15.5 Å². The van der Waals surface area contributed by atoms with Gasteiger partial charge in [0.15, 0.2) is 0 Å². The highest BCUT2D eigenvalue weighted by molar-refractivity contribution is 5.94. The fourth-order valence-corrected chi connectivity index (χ4v) is 2.45. The average molecular weight is 321 g/mol. The van der Waals surface area contributed by atoms with Gasteiger partial charge in [-0.2, -0.15) is 0 Å². The van der Waals surface area contributed by atoms with E-state index < -0.39 is 0 Å². The van der Waals surface area contributed by atoms with E-state index >= 15 is 0 Å². The van der Waals surface area contributed by atoms with Gasteiger partial charge >= 0.3 is 0 Å². The number of nitrogens with zero attached hydrogens (tertiary/aromatic N) is 2. The van der Waals surface area contributed by atoms with Crippen LogP contribution in [0.1, 0.15) is 27.4 Å². The Hall–Kier alpha value is -2.95. The molecule has 0 atom stereocenters. The molecule has 1 heterocycles. The Kier molecular flexibility index (Phi) is 4.70. The lowest BCUT2D eigenvalue weighted by Gasteiger charge is -2.04. The van der Waals surface area contributed by atoms with E-state index in [2.05, 4.69) is 15.5 Å². The number of benzene rings is 2. The maximum atomic E-state index is 12.1. The summed E-state index contributed by atoms with van der Waals surface area (Å²) in [4.78, 5) is 12.1. The monoisotopic (exact) mass is 321 g/mol. The van der Waals surface area contributed by atoms with Crippen molar-refractivity contribution in [3.63, 3.8) is 0 Å². The third-order valence-corrected chi connectivity index (χ3v) is 3.75. The molecule has 5 heteroatoms. The second-order valence-corrected chi connectivity index (χ2v) is 5.69. The van der Waals surface area contributed by atoms with Crippen LogP contribution in [0.2, 0.25) is 0 Å². The van der Waals surface area contributed by atoms with Crippen molar-refractivity contribution in [1.29, 1.82) is 0 Å². The van der Waals surface area contributed by atoms with Gasteiger partial charge in [-0.15, -0.1) is 10.2 Å². The Labute approximate surface area is 140 Å². The van der Waals surface area contributed by atoms with E-state index in [-0.39, 0.29) is 5.91 Å². The van der Waals surface area contributed by atoms with Crippen molar-refractivity contribution < 1.29 is 9.21 Å². The number of hydrogen-bond acceptors (Lipinski definition) is 4. The van der Waals surface area contributed by atoms with Crippen LogP contribution in [-0.4, -0.2) is 22.6 Å². The van der Waals surface area contributed by atoms with Crippen molar-refractivity contribution in [3.05, 3.63) is 71.1 Å². The van der Waals surface area contributed by atoms with Gasteiger partial charge in [-0.25, -0.2) is 0 Å². The molecule has 0 unspecified atom stereocenters. The number of carbonyl (C=O) groups is 1. The average Bonchev–Trinajstić information content (AvgIpc) is 3.04. The molecule has 0 radical (unpaired) electrons. The van der Waals surface area contributed by atoms with Crippen LogP contribution in [0.25, 0.3) is 11.5 Å². The van der Waals surface area contributed by atoms with Crippen molar-refractivity contribution >= 4 is 5.91 Å². The Bertz CT molecular complexity index is 855. The first-order chi connectivity index (χ1) is 11.6. The molecule has 0 spiro atoms. The fourth-order valence-electron chi connectivity index (χ4n) is 2.45. The van der Waals surface area contributed by atoms with Crippen LogP contribution in [0.5, 0.6) is 0 Å². The Morgan fingerprint density at radius 3 is 2.71 bits per heavy atom. The summed E-state index contributed by atoms with van der Waals surface area (Å²) in [5, 5.41) is 11.0. The number of hydrogen-bond donors (Lipinski definition) is 1. The van der Waals surface area contributed by atoms with E-state index in [1.807, 2.05) is 56.3 Å². The van der Waals surface area contributed by atoms with Crippen LogP contribution in [0, 0.1) is 13.8 Å². The molecule has 1 aromatic heterocycles. The first-order valence-corrected chi connectivity index (χ1v) is 7.87. The van der Waals surface area contributed by atoms with Gasteiger partial charge in [0.1, 0.15) is 0 Å². The molecular formula is C19H19N3O2. The molecule has 0 aliphatic carbocycles. The van der Waals surface area contributed by atoms with Crippen LogP contribution >= 0.6 is 0 Å². The minimum Gasteiger partial charge on any atom is -0.421 e. The summed E-state index contributed by atoms with van der Waals surface area (Å²) in [6.07, 6.45) is 0.496. The van der Waals surface area contributed by atoms with Gasteiger partial charge in [0.05, 0.1) is 0 Å². The number of aryl methyl sites for hydroxylation is 2. The molecule has 0 fully saturated rings. The summed E-state index contributed by atoms with van der Waals surface area (Å²) in [5.74, 6) is 0.920. The van der Waals surface area contributed by atoms with E-state index in [9.17, 15) is 4.79 Å². The summed E-state index contributed by atoms with van der Waals surface area (Å²) >= 11 is 0. The van der Waals surface area contributed by atoms with Gasteiger partial charge in [-0.1, -0.05) is 35.9 Å². The molecule has 0 saturated heterocycles.